The fraction of sp³-hybridized carbons (Fsp3) is 0.600. The SMILES string of the molecule is CC(C)[C@H](N)C(=O)NCC(=O)NCc1ccc(OCCN2CCCC2)cc1. The van der Waals surface area contributed by atoms with Gasteiger partial charge in [-0.1, -0.05) is 26.0 Å². The quantitative estimate of drug-likeness (QED) is 0.563. The molecule has 1 heterocycles. The average molecular weight is 377 g/mol. The summed E-state index contributed by atoms with van der Waals surface area (Å²) in [6.07, 6.45) is 2.57. The molecule has 150 valence electrons. The fourth-order valence-electron chi connectivity index (χ4n) is 2.85. The lowest BCUT2D eigenvalue weighted by molar-refractivity contribution is -0.127. The van der Waals surface area contributed by atoms with Gasteiger partial charge < -0.3 is 21.1 Å². The van der Waals surface area contributed by atoms with Crippen LogP contribution in [-0.2, 0) is 16.1 Å². The van der Waals surface area contributed by atoms with Gasteiger partial charge in [-0.25, -0.2) is 0 Å². The number of ether oxygens (including phenoxy) is 1. The van der Waals surface area contributed by atoms with Crippen LogP contribution in [0.4, 0.5) is 0 Å². The summed E-state index contributed by atoms with van der Waals surface area (Å²) in [5.41, 5.74) is 6.71. The Morgan fingerprint density at radius 1 is 1.15 bits per heavy atom. The van der Waals surface area contributed by atoms with Crippen molar-refractivity contribution in [2.24, 2.45) is 11.7 Å². The van der Waals surface area contributed by atoms with Crippen molar-refractivity contribution >= 4 is 11.8 Å². The molecule has 0 bridgehead atoms. The van der Waals surface area contributed by atoms with Gasteiger partial charge in [0.2, 0.25) is 11.8 Å². The minimum atomic E-state index is -0.601. The molecule has 1 saturated heterocycles. The van der Waals surface area contributed by atoms with Crippen LogP contribution in [0.2, 0.25) is 0 Å². The smallest absolute Gasteiger partial charge is 0.239 e. The highest BCUT2D eigenvalue weighted by Gasteiger charge is 2.17. The molecule has 0 aliphatic carbocycles. The lowest BCUT2D eigenvalue weighted by Crippen LogP contribution is -2.47. The molecule has 0 radical (unpaired) electrons. The van der Waals surface area contributed by atoms with Crippen LogP contribution in [0.1, 0.15) is 32.3 Å². The summed E-state index contributed by atoms with van der Waals surface area (Å²) in [7, 11) is 0. The Bertz CT molecular complexity index is 598. The third-order valence-electron chi connectivity index (χ3n) is 4.73. The molecule has 1 aromatic carbocycles. The van der Waals surface area contributed by atoms with Crippen molar-refractivity contribution in [3.8, 4) is 5.75 Å². The van der Waals surface area contributed by atoms with Gasteiger partial charge in [0.05, 0.1) is 12.6 Å². The van der Waals surface area contributed by atoms with Crippen LogP contribution < -0.4 is 21.1 Å². The summed E-state index contributed by atoms with van der Waals surface area (Å²) in [6, 6.07) is 7.08. The maximum Gasteiger partial charge on any atom is 0.239 e. The zero-order chi connectivity index (χ0) is 19.6. The van der Waals surface area contributed by atoms with Gasteiger partial charge in [-0.2, -0.15) is 0 Å². The van der Waals surface area contributed by atoms with Crippen molar-refractivity contribution in [3.63, 3.8) is 0 Å². The molecule has 1 aliphatic rings. The van der Waals surface area contributed by atoms with Crippen LogP contribution in [0.25, 0.3) is 0 Å². The predicted molar refractivity (Wildman–Crippen MR) is 105 cm³/mol. The molecule has 2 rings (SSSR count). The van der Waals surface area contributed by atoms with Crippen molar-refractivity contribution < 1.29 is 14.3 Å². The summed E-state index contributed by atoms with van der Waals surface area (Å²) in [6.45, 7) is 8.06. The van der Waals surface area contributed by atoms with E-state index >= 15 is 0 Å². The molecule has 7 heteroatoms. The van der Waals surface area contributed by atoms with E-state index in [1.54, 1.807) is 0 Å². The van der Waals surface area contributed by atoms with Crippen molar-refractivity contribution in [2.45, 2.75) is 39.3 Å². The Labute approximate surface area is 161 Å². The summed E-state index contributed by atoms with van der Waals surface area (Å²) >= 11 is 0. The van der Waals surface area contributed by atoms with E-state index in [-0.39, 0.29) is 24.3 Å². The number of carbonyl (C=O) groups is 2. The van der Waals surface area contributed by atoms with E-state index in [0.717, 1.165) is 17.9 Å². The predicted octanol–water partition coefficient (Wildman–Crippen LogP) is 0.877. The summed E-state index contributed by atoms with van der Waals surface area (Å²) < 4.78 is 5.77. The molecule has 1 aliphatic heterocycles. The highest BCUT2D eigenvalue weighted by atomic mass is 16.5. The monoisotopic (exact) mass is 376 g/mol. The average Bonchev–Trinajstić information content (AvgIpc) is 3.18. The van der Waals surface area contributed by atoms with Crippen LogP contribution >= 0.6 is 0 Å². The van der Waals surface area contributed by atoms with E-state index in [4.69, 9.17) is 10.5 Å². The van der Waals surface area contributed by atoms with Gasteiger partial charge >= 0.3 is 0 Å². The van der Waals surface area contributed by atoms with Crippen molar-refractivity contribution in [2.75, 3.05) is 32.8 Å². The van der Waals surface area contributed by atoms with Crippen molar-refractivity contribution in [1.29, 1.82) is 0 Å². The number of hydrogen-bond donors (Lipinski definition) is 3. The molecule has 0 spiro atoms. The van der Waals surface area contributed by atoms with Gasteiger partial charge in [0.25, 0.3) is 0 Å². The molecule has 1 atom stereocenters. The van der Waals surface area contributed by atoms with Crippen molar-refractivity contribution in [1.82, 2.24) is 15.5 Å². The van der Waals surface area contributed by atoms with Crippen LogP contribution in [0.5, 0.6) is 5.75 Å². The van der Waals surface area contributed by atoms with E-state index in [9.17, 15) is 9.59 Å². The Hall–Kier alpha value is -2.12. The second kappa shape index (κ2) is 10.9. The van der Waals surface area contributed by atoms with Crippen LogP contribution in [0.3, 0.4) is 0 Å². The molecule has 0 unspecified atom stereocenters. The first-order valence-corrected chi connectivity index (χ1v) is 9.70. The van der Waals surface area contributed by atoms with Gasteiger partial charge in [0.1, 0.15) is 12.4 Å². The molecular weight excluding hydrogens is 344 g/mol. The molecule has 7 nitrogen and oxygen atoms in total. The highest BCUT2D eigenvalue weighted by molar-refractivity contribution is 5.87. The minimum Gasteiger partial charge on any atom is -0.492 e. The second-order valence-electron chi connectivity index (χ2n) is 7.31. The number of carbonyl (C=O) groups excluding carboxylic acids is 2. The number of hydrogen-bond acceptors (Lipinski definition) is 5. The third-order valence-corrected chi connectivity index (χ3v) is 4.73. The molecule has 1 aromatic rings. The number of benzene rings is 1. The lowest BCUT2D eigenvalue weighted by Gasteiger charge is -2.15. The highest BCUT2D eigenvalue weighted by Crippen LogP contribution is 2.13. The van der Waals surface area contributed by atoms with Gasteiger partial charge in [-0.05, 0) is 49.5 Å². The van der Waals surface area contributed by atoms with Gasteiger partial charge in [0, 0.05) is 13.1 Å². The van der Waals surface area contributed by atoms with E-state index < -0.39 is 6.04 Å². The van der Waals surface area contributed by atoms with Gasteiger partial charge in [0.15, 0.2) is 0 Å². The molecular formula is C20H32N4O3. The molecule has 0 aromatic heterocycles. The Morgan fingerprint density at radius 3 is 2.44 bits per heavy atom. The molecule has 27 heavy (non-hydrogen) atoms. The number of nitrogens with zero attached hydrogens (tertiary/aromatic N) is 1. The Morgan fingerprint density at radius 2 is 1.81 bits per heavy atom. The third kappa shape index (κ3) is 7.56. The number of rotatable bonds is 10. The van der Waals surface area contributed by atoms with Crippen LogP contribution in [-0.4, -0.2) is 55.5 Å². The number of nitrogens with one attached hydrogen (secondary N) is 2. The largest absolute Gasteiger partial charge is 0.492 e. The first-order chi connectivity index (χ1) is 13.0. The standard InChI is InChI=1S/C20H32N4O3/c1-15(2)19(21)20(26)23-14-18(25)22-13-16-5-7-17(8-6-16)27-12-11-24-9-3-4-10-24/h5-8,15,19H,3-4,9-14,21H2,1-2H3,(H,22,25)(H,23,26)/t19-/m0/s1. The topological polar surface area (TPSA) is 96.7 Å². The minimum absolute atomic E-state index is 0.0316. The number of likely N-dealkylation sites (tertiary alicyclic amines) is 1. The normalized spacial score (nSPS) is 15.6. The first kappa shape index (κ1) is 21.2. The van der Waals surface area contributed by atoms with Crippen LogP contribution in [0, 0.1) is 5.92 Å². The van der Waals surface area contributed by atoms with Crippen LogP contribution in [0.15, 0.2) is 24.3 Å². The second-order valence-corrected chi connectivity index (χ2v) is 7.31. The molecule has 1 fully saturated rings. The van der Waals surface area contributed by atoms with E-state index in [1.807, 2.05) is 38.1 Å². The maximum absolute atomic E-state index is 11.9. The molecule has 0 saturated carbocycles. The first-order valence-electron chi connectivity index (χ1n) is 9.70. The van der Waals surface area contributed by atoms with E-state index in [0.29, 0.717) is 13.2 Å². The lowest BCUT2D eigenvalue weighted by atomic mass is 10.1. The van der Waals surface area contributed by atoms with E-state index in [1.165, 1.54) is 25.9 Å². The Kier molecular flexibility index (Phi) is 8.54. The van der Waals surface area contributed by atoms with E-state index in [2.05, 4.69) is 15.5 Å². The molecule has 2 amide bonds. The van der Waals surface area contributed by atoms with Crippen molar-refractivity contribution in [3.05, 3.63) is 29.8 Å². The summed E-state index contributed by atoms with van der Waals surface area (Å²) in [5.74, 6) is 0.309. The Balaban J connectivity index is 1.63. The van der Waals surface area contributed by atoms with Gasteiger partial charge in [-0.15, -0.1) is 0 Å². The fourth-order valence-corrected chi connectivity index (χ4v) is 2.85. The summed E-state index contributed by atoms with van der Waals surface area (Å²) in [5, 5.41) is 5.34. The zero-order valence-electron chi connectivity index (χ0n) is 16.4. The number of nitrogens with two attached hydrogens (primary N) is 1. The molecule has 4 N–H and O–H groups in total. The zero-order valence-corrected chi connectivity index (χ0v) is 16.4. The van der Waals surface area contributed by atoms with Gasteiger partial charge in [-0.3, -0.25) is 14.5 Å². The number of amides is 2. The maximum atomic E-state index is 11.9. The summed E-state index contributed by atoms with van der Waals surface area (Å²) in [4.78, 5) is 26.0.